The van der Waals surface area contributed by atoms with Crippen molar-refractivity contribution in [2.45, 2.75) is 59.6 Å². The lowest BCUT2D eigenvalue weighted by atomic mass is 9.95. The van der Waals surface area contributed by atoms with Crippen LogP contribution in [0, 0.1) is 0 Å². The summed E-state index contributed by atoms with van der Waals surface area (Å²) < 4.78 is 30.3. The van der Waals surface area contributed by atoms with Crippen LogP contribution in [0.2, 0.25) is 0 Å². The van der Waals surface area contributed by atoms with Crippen LogP contribution in [0.3, 0.4) is 0 Å². The van der Waals surface area contributed by atoms with E-state index in [9.17, 15) is 9.59 Å². The molecule has 1 atom stereocenters. The topological polar surface area (TPSA) is 97.6 Å². The predicted molar refractivity (Wildman–Crippen MR) is 163 cm³/mol. The Hall–Kier alpha value is -4.05. The van der Waals surface area contributed by atoms with Gasteiger partial charge in [-0.15, -0.1) is 0 Å². The lowest BCUT2D eigenvalue weighted by molar-refractivity contribution is -0.139. The van der Waals surface area contributed by atoms with Crippen molar-refractivity contribution < 1.29 is 28.5 Å². The van der Waals surface area contributed by atoms with Crippen LogP contribution in [0.1, 0.15) is 64.6 Å². The molecule has 0 spiro atoms. The Labute approximate surface area is 249 Å². The second-order valence-corrected chi connectivity index (χ2v) is 11.0. The summed E-state index contributed by atoms with van der Waals surface area (Å²) in [7, 11) is 3.14. The van der Waals surface area contributed by atoms with Crippen molar-refractivity contribution in [3.63, 3.8) is 0 Å². The minimum atomic E-state index is -0.770. The van der Waals surface area contributed by atoms with Crippen LogP contribution in [0.15, 0.2) is 57.5 Å². The fourth-order valence-electron chi connectivity index (χ4n) is 4.68. The monoisotopic (exact) mass is 594 g/mol. The molecular formula is C32H38N2O7S. The van der Waals surface area contributed by atoms with Crippen LogP contribution in [-0.2, 0) is 9.53 Å². The number of ether oxygens (including phenoxy) is 5. The molecule has 0 unspecified atom stereocenters. The van der Waals surface area contributed by atoms with Gasteiger partial charge in [0.25, 0.3) is 5.56 Å². The van der Waals surface area contributed by atoms with Gasteiger partial charge in [0.05, 0.1) is 55.4 Å². The molecule has 0 saturated heterocycles. The number of hydrogen-bond donors (Lipinski definition) is 0. The summed E-state index contributed by atoms with van der Waals surface area (Å²) in [5.74, 6) is 1.77. The summed E-state index contributed by atoms with van der Waals surface area (Å²) in [6.07, 6.45) is 3.71. The third-order valence-electron chi connectivity index (χ3n) is 6.62. The molecule has 2 heterocycles. The first-order valence-electron chi connectivity index (χ1n) is 14.1. The first-order chi connectivity index (χ1) is 20.2. The number of rotatable bonds is 12. The van der Waals surface area contributed by atoms with Gasteiger partial charge in [-0.2, -0.15) is 0 Å². The summed E-state index contributed by atoms with van der Waals surface area (Å²) >= 11 is 1.26. The molecule has 42 heavy (non-hydrogen) atoms. The highest BCUT2D eigenvalue weighted by molar-refractivity contribution is 7.07. The van der Waals surface area contributed by atoms with Gasteiger partial charge in [-0.3, -0.25) is 9.36 Å². The van der Waals surface area contributed by atoms with Crippen LogP contribution in [-0.4, -0.2) is 44.1 Å². The first-order valence-corrected chi connectivity index (χ1v) is 14.9. The van der Waals surface area contributed by atoms with E-state index in [0.29, 0.717) is 55.8 Å². The van der Waals surface area contributed by atoms with Gasteiger partial charge in [-0.1, -0.05) is 36.8 Å². The van der Waals surface area contributed by atoms with E-state index < -0.39 is 12.0 Å². The largest absolute Gasteiger partial charge is 0.493 e. The SMILES string of the molecule is CCCCOc1ccc(/C=c2\sc3n(c2=O)[C@H](c2ccc(OC(C)C)c(OC)c2)C(C(=O)OCC)=C(C)N=3)cc1OC. The van der Waals surface area contributed by atoms with Gasteiger partial charge in [-0.25, -0.2) is 9.79 Å². The average molecular weight is 595 g/mol. The molecule has 1 aromatic heterocycles. The second-order valence-electron chi connectivity index (χ2n) is 9.99. The minimum Gasteiger partial charge on any atom is -0.493 e. The lowest BCUT2D eigenvalue weighted by Gasteiger charge is -2.25. The maximum atomic E-state index is 14.0. The van der Waals surface area contributed by atoms with E-state index in [1.54, 1.807) is 50.8 Å². The molecule has 2 aromatic carbocycles. The number of benzene rings is 2. The Kier molecular flexibility index (Phi) is 10.1. The molecule has 0 fully saturated rings. The van der Waals surface area contributed by atoms with Crippen molar-refractivity contribution in [3.05, 3.63) is 78.5 Å². The van der Waals surface area contributed by atoms with Crippen molar-refractivity contribution in [2.24, 2.45) is 4.99 Å². The maximum absolute atomic E-state index is 14.0. The number of carbonyl (C=O) groups is 1. The van der Waals surface area contributed by atoms with E-state index in [0.717, 1.165) is 18.4 Å². The summed E-state index contributed by atoms with van der Waals surface area (Å²) in [6, 6.07) is 10.2. The molecule has 10 heteroatoms. The van der Waals surface area contributed by atoms with Crippen molar-refractivity contribution in [1.29, 1.82) is 0 Å². The summed E-state index contributed by atoms with van der Waals surface area (Å²) in [5, 5.41) is 0. The van der Waals surface area contributed by atoms with E-state index in [-0.39, 0.29) is 18.3 Å². The van der Waals surface area contributed by atoms with Crippen molar-refractivity contribution in [2.75, 3.05) is 27.4 Å². The van der Waals surface area contributed by atoms with Crippen molar-refractivity contribution in [1.82, 2.24) is 4.57 Å². The molecule has 0 N–H and O–H groups in total. The number of esters is 1. The van der Waals surface area contributed by atoms with E-state index in [1.165, 1.54) is 11.3 Å². The number of hydrogen-bond acceptors (Lipinski definition) is 9. The molecule has 224 valence electrons. The van der Waals surface area contributed by atoms with E-state index in [2.05, 4.69) is 11.9 Å². The third-order valence-corrected chi connectivity index (χ3v) is 7.61. The van der Waals surface area contributed by atoms with Gasteiger partial charge in [0.1, 0.15) is 0 Å². The lowest BCUT2D eigenvalue weighted by Crippen LogP contribution is -2.40. The number of allylic oxidation sites excluding steroid dienone is 1. The normalized spacial score (nSPS) is 14.9. The van der Waals surface area contributed by atoms with E-state index in [4.69, 9.17) is 23.7 Å². The Morgan fingerprint density at radius 3 is 2.43 bits per heavy atom. The molecule has 0 amide bonds. The Morgan fingerprint density at radius 1 is 1.05 bits per heavy atom. The zero-order chi connectivity index (χ0) is 30.4. The quantitative estimate of drug-likeness (QED) is 0.220. The number of methoxy groups -OCH3 is 2. The number of nitrogens with zero attached hydrogens (tertiary/aromatic N) is 2. The van der Waals surface area contributed by atoms with Gasteiger partial charge in [0.15, 0.2) is 27.8 Å². The molecule has 0 radical (unpaired) electrons. The molecular weight excluding hydrogens is 556 g/mol. The number of fused-ring (bicyclic) bond motifs is 1. The molecule has 3 aromatic rings. The van der Waals surface area contributed by atoms with Crippen LogP contribution in [0.4, 0.5) is 0 Å². The fourth-order valence-corrected chi connectivity index (χ4v) is 5.73. The average Bonchev–Trinajstić information content (AvgIpc) is 3.26. The standard InChI is InChI=1S/C32H38N2O7S/c1-8-10-15-40-23-13-11-21(16-25(23)37-6)17-27-30(35)34-29(22-12-14-24(41-19(3)4)26(18-22)38-7)28(31(36)39-9-2)20(5)33-32(34)42-27/h11-14,16-19,29H,8-10,15H2,1-7H3/b27-17-/t29-/m1/s1. The molecule has 0 aliphatic carbocycles. The maximum Gasteiger partial charge on any atom is 0.338 e. The Morgan fingerprint density at radius 2 is 1.76 bits per heavy atom. The molecule has 9 nitrogen and oxygen atoms in total. The van der Waals surface area contributed by atoms with Crippen LogP contribution < -0.4 is 33.8 Å². The first kappa shape index (κ1) is 30.9. The number of unbranched alkanes of at least 4 members (excludes halogenated alkanes) is 1. The zero-order valence-corrected chi connectivity index (χ0v) is 26.0. The highest BCUT2D eigenvalue weighted by atomic mass is 32.1. The molecule has 4 rings (SSSR count). The van der Waals surface area contributed by atoms with Crippen LogP contribution in [0.5, 0.6) is 23.0 Å². The second kappa shape index (κ2) is 13.7. The van der Waals surface area contributed by atoms with Gasteiger partial charge >= 0.3 is 5.97 Å². The summed E-state index contributed by atoms with van der Waals surface area (Å²) in [5.41, 5.74) is 1.95. The zero-order valence-electron chi connectivity index (χ0n) is 25.2. The smallest absolute Gasteiger partial charge is 0.338 e. The molecule has 0 saturated carbocycles. The minimum absolute atomic E-state index is 0.0600. The van der Waals surface area contributed by atoms with Gasteiger partial charge < -0.3 is 23.7 Å². The van der Waals surface area contributed by atoms with Gasteiger partial charge in [0, 0.05) is 0 Å². The van der Waals surface area contributed by atoms with Crippen LogP contribution >= 0.6 is 11.3 Å². The third kappa shape index (κ3) is 6.54. The number of thiazole rings is 1. The summed E-state index contributed by atoms with van der Waals surface area (Å²) in [4.78, 5) is 32.4. The van der Waals surface area contributed by atoms with Crippen molar-refractivity contribution in [3.8, 4) is 23.0 Å². The van der Waals surface area contributed by atoms with E-state index in [1.807, 2.05) is 38.1 Å². The van der Waals surface area contributed by atoms with Gasteiger partial charge in [0.2, 0.25) is 0 Å². The van der Waals surface area contributed by atoms with E-state index >= 15 is 0 Å². The van der Waals surface area contributed by atoms with Crippen molar-refractivity contribution >= 4 is 23.4 Å². The molecule has 1 aliphatic heterocycles. The molecule has 0 bridgehead atoms. The highest BCUT2D eigenvalue weighted by Crippen LogP contribution is 2.36. The fraction of sp³-hybridized carbons (Fsp3) is 0.406. The van der Waals surface area contributed by atoms with Crippen LogP contribution in [0.25, 0.3) is 6.08 Å². The highest BCUT2D eigenvalue weighted by Gasteiger charge is 2.34. The Bertz CT molecular complexity index is 1650. The summed E-state index contributed by atoms with van der Waals surface area (Å²) in [6.45, 7) is 10.3. The molecule has 1 aliphatic rings. The number of carbonyl (C=O) groups excluding carboxylic acids is 1. The van der Waals surface area contributed by atoms with Gasteiger partial charge in [-0.05, 0) is 75.6 Å². The Balaban J connectivity index is 1.86. The predicted octanol–water partition coefficient (Wildman–Crippen LogP) is 4.78. The number of aromatic nitrogens is 1.